The molecule has 0 bridgehead atoms. The van der Waals surface area contributed by atoms with Gasteiger partial charge in [-0.1, -0.05) is 18.2 Å². The number of nitrogens with one attached hydrogen (secondary N) is 2. The van der Waals surface area contributed by atoms with E-state index in [1.807, 2.05) is 6.07 Å². The van der Waals surface area contributed by atoms with E-state index in [1.54, 1.807) is 36.4 Å². The van der Waals surface area contributed by atoms with Crippen molar-refractivity contribution in [1.29, 1.82) is 0 Å². The maximum Gasteiger partial charge on any atom is 0.259 e. The lowest BCUT2D eigenvalue weighted by Crippen LogP contribution is -2.34. The van der Waals surface area contributed by atoms with Crippen LogP contribution < -0.4 is 10.7 Å². The van der Waals surface area contributed by atoms with Gasteiger partial charge < -0.3 is 9.73 Å². The van der Waals surface area contributed by atoms with E-state index in [0.29, 0.717) is 16.0 Å². The van der Waals surface area contributed by atoms with Crippen LogP contribution in [0.5, 0.6) is 0 Å². The SMILES string of the molecule is O=C(CNC(=O)c1ccccc1)N/N=C\c1ccc(Br)o1. The van der Waals surface area contributed by atoms with Gasteiger partial charge in [-0.05, 0) is 40.2 Å². The molecule has 0 saturated heterocycles. The summed E-state index contributed by atoms with van der Waals surface area (Å²) in [6.45, 7) is -0.160. The first-order chi connectivity index (χ1) is 10.1. The van der Waals surface area contributed by atoms with Crippen molar-refractivity contribution in [3.63, 3.8) is 0 Å². The van der Waals surface area contributed by atoms with E-state index in [9.17, 15) is 9.59 Å². The lowest BCUT2D eigenvalue weighted by Gasteiger charge is -2.03. The fourth-order valence-electron chi connectivity index (χ4n) is 1.46. The molecule has 2 aromatic rings. The second-order valence-electron chi connectivity index (χ2n) is 3.98. The number of amides is 2. The first-order valence-electron chi connectivity index (χ1n) is 6.05. The molecule has 0 fully saturated rings. The normalized spacial score (nSPS) is 10.5. The number of rotatable bonds is 5. The van der Waals surface area contributed by atoms with Crippen molar-refractivity contribution in [3.8, 4) is 0 Å². The first-order valence-corrected chi connectivity index (χ1v) is 6.85. The van der Waals surface area contributed by atoms with Gasteiger partial charge in [0, 0.05) is 5.56 Å². The topological polar surface area (TPSA) is 83.7 Å². The van der Waals surface area contributed by atoms with E-state index in [1.165, 1.54) is 6.21 Å². The molecule has 0 saturated carbocycles. The highest BCUT2D eigenvalue weighted by Gasteiger charge is 2.06. The molecule has 2 rings (SSSR count). The highest BCUT2D eigenvalue weighted by molar-refractivity contribution is 9.10. The molecule has 1 aromatic carbocycles. The van der Waals surface area contributed by atoms with Crippen LogP contribution in [-0.4, -0.2) is 24.6 Å². The van der Waals surface area contributed by atoms with Crippen LogP contribution >= 0.6 is 15.9 Å². The number of hydrogen-bond donors (Lipinski definition) is 2. The van der Waals surface area contributed by atoms with Crippen molar-refractivity contribution in [1.82, 2.24) is 10.7 Å². The Morgan fingerprint density at radius 2 is 1.95 bits per heavy atom. The third kappa shape index (κ3) is 4.88. The molecular weight excluding hydrogens is 338 g/mol. The number of halogens is 1. The summed E-state index contributed by atoms with van der Waals surface area (Å²) in [6.07, 6.45) is 1.36. The fraction of sp³-hybridized carbons (Fsp3) is 0.0714. The number of benzene rings is 1. The van der Waals surface area contributed by atoms with Crippen LogP contribution in [0.15, 0.2) is 56.7 Å². The van der Waals surface area contributed by atoms with Gasteiger partial charge in [0.1, 0.15) is 5.76 Å². The Morgan fingerprint density at radius 1 is 1.19 bits per heavy atom. The Kier molecular flexibility index (Phi) is 5.28. The Balaban J connectivity index is 1.75. The summed E-state index contributed by atoms with van der Waals surface area (Å²) in [5, 5.41) is 6.21. The summed E-state index contributed by atoms with van der Waals surface area (Å²) >= 11 is 3.15. The van der Waals surface area contributed by atoms with E-state index >= 15 is 0 Å². The molecule has 0 aliphatic heterocycles. The number of carbonyl (C=O) groups excluding carboxylic acids is 2. The fourth-order valence-corrected chi connectivity index (χ4v) is 1.78. The number of hydrazone groups is 1. The smallest absolute Gasteiger partial charge is 0.259 e. The minimum atomic E-state index is -0.429. The highest BCUT2D eigenvalue weighted by Crippen LogP contribution is 2.11. The quantitative estimate of drug-likeness (QED) is 0.638. The van der Waals surface area contributed by atoms with Gasteiger partial charge in [0.15, 0.2) is 4.67 Å². The van der Waals surface area contributed by atoms with Gasteiger partial charge in [-0.3, -0.25) is 9.59 Å². The van der Waals surface area contributed by atoms with E-state index in [0.717, 1.165) is 0 Å². The first kappa shape index (κ1) is 15.0. The second kappa shape index (κ2) is 7.39. The van der Waals surface area contributed by atoms with Crippen LogP contribution in [0, 0.1) is 0 Å². The van der Waals surface area contributed by atoms with Gasteiger partial charge in [0.25, 0.3) is 11.8 Å². The van der Waals surface area contributed by atoms with E-state index < -0.39 is 5.91 Å². The molecule has 1 aromatic heterocycles. The number of furan rings is 1. The monoisotopic (exact) mass is 349 g/mol. The number of carbonyl (C=O) groups is 2. The molecular formula is C14H12BrN3O3. The molecule has 1 heterocycles. The average Bonchev–Trinajstić information content (AvgIpc) is 2.91. The molecule has 7 heteroatoms. The van der Waals surface area contributed by atoms with E-state index in [4.69, 9.17) is 4.42 Å². The van der Waals surface area contributed by atoms with Gasteiger partial charge in [0.05, 0.1) is 12.8 Å². The second-order valence-corrected chi connectivity index (χ2v) is 4.77. The maximum atomic E-state index is 11.7. The van der Waals surface area contributed by atoms with Gasteiger partial charge in [-0.15, -0.1) is 0 Å². The third-order valence-electron chi connectivity index (χ3n) is 2.42. The van der Waals surface area contributed by atoms with Gasteiger partial charge in [-0.25, -0.2) is 5.43 Å². The van der Waals surface area contributed by atoms with Crippen LogP contribution in [0.3, 0.4) is 0 Å². The molecule has 0 radical (unpaired) electrons. The molecule has 0 aliphatic carbocycles. The summed E-state index contributed by atoms with van der Waals surface area (Å²) < 4.78 is 5.74. The molecule has 0 atom stereocenters. The molecule has 6 nitrogen and oxygen atoms in total. The summed E-state index contributed by atoms with van der Waals surface area (Å²) in [5.41, 5.74) is 2.78. The Morgan fingerprint density at radius 3 is 2.62 bits per heavy atom. The largest absolute Gasteiger partial charge is 0.448 e. The van der Waals surface area contributed by atoms with E-state index in [2.05, 4.69) is 31.8 Å². The molecule has 2 N–H and O–H groups in total. The van der Waals surface area contributed by atoms with Crippen LogP contribution in [-0.2, 0) is 4.79 Å². The van der Waals surface area contributed by atoms with Crippen molar-refractivity contribution in [2.45, 2.75) is 0 Å². The molecule has 0 aliphatic rings. The zero-order valence-electron chi connectivity index (χ0n) is 10.9. The summed E-state index contributed by atoms with van der Waals surface area (Å²) in [7, 11) is 0. The molecule has 2 amide bonds. The van der Waals surface area contributed by atoms with E-state index in [-0.39, 0.29) is 12.5 Å². The van der Waals surface area contributed by atoms with Crippen molar-refractivity contribution in [2.75, 3.05) is 6.54 Å². The average molecular weight is 350 g/mol. The maximum absolute atomic E-state index is 11.7. The summed E-state index contributed by atoms with van der Waals surface area (Å²) in [6, 6.07) is 12.0. The zero-order chi connectivity index (χ0) is 15.1. The van der Waals surface area contributed by atoms with Crippen LogP contribution in [0.2, 0.25) is 0 Å². The highest BCUT2D eigenvalue weighted by atomic mass is 79.9. The Hall–Kier alpha value is -2.41. The standard InChI is InChI=1S/C14H12BrN3O3/c15-12-7-6-11(21-12)8-17-18-13(19)9-16-14(20)10-4-2-1-3-5-10/h1-8H,9H2,(H,16,20)(H,18,19)/b17-8-. The Labute approximate surface area is 129 Å². The van der Waals surface area contributed by atoms with Crippen LogP contribution in [0.1, 0.15) is 16.1 Å². The van der Waals surface area contributed by atoms with Crippen LogP contribution in [0.25, 0.3) is 0 Å². The predicted molar refractivity (Wildman–Crippen MR) is 80.9 cm³/mol. The molecule has 0 spiro atoms. The lowest BCUT2D eigenvalue weighted by molar-refractivity contribution is -0.120. The number of nitrogens with zero attached hydrogens (tertiary/aromatic N) is 1. The third-order valence-corrected chi connectivity index (χ3v) is 2.85. The Bertz CT molecular complexity index is 652. The minimum Gasteiger partial charge on any atom is -0.448 e. The molecule has 21 heavy (non-hydrogen) atoms. The zero-order valence-corrected chi connectivity index (χ0v) is 12.5. The minimum absolute atomic E-state index is 0.160. The summed E-state index contributed by atoms with van der Waals surface area (Å²) in [5.74, 6) is -0.249. The molecule has 108 valence electrons. The van der Waals surface area contributed by atoms with Crippen molar-refractivity contribution >= 4 is 34.0 Å². The van der Waals surface area contributed by atoms with Crippen molar-refractivity contribution in [3.05, 3.63) is 58.5 Å². The van der Waals surface area contributed by atoms with Crippen molar-refractivity contribution in [2.24, 2.45) is 5.10 Å². The van der Waals surface area contributed by atoms with Gasteiger partial charge >= 0.3 is 0 Å². The lowest BCUT2D eigenvalue weighted by atomic mass is 10.2. The van der Waals surface area contributed by atoms with Crippen LogP contribution in [0.4, 0.5) is 0 Å². The van der Waals surface area contributed by atoms with Crippen molar-refractivity contribution < 1.29 is 14.0 Å². The number of hydrogen-bond acceptors (Lipinski definition) is 4. The predicted octanol–water partition coefficient (Wildman–Crippen LogP) is 1.92. The van der Waals surface area contributed by atoms with Gasteiger partial charge in [-0.2, -0.15) is 5.10 Å². The molecule has 0 unspecified atom stereocenters. The summed E-state index contributed by atoms with van der Waals surface area (Å²) in [4.78, 5) is 23.2. The van der Waals surface area contributed by atoms with Gasteiger partial charge in [0.2, 0.25) is 0 Å².